The van der Waals surface area contributed by atoms with E-state index in [4.69, 9.17) is 5.11 Å². The number of carbonyl (C=O) groups is 2. The topological polar surface area (TPSA) is 94.8 Å². The molecule has 0 unspecified atom stereocenters. The van der Waals surface area contributed by atoms with Crippen LogP contribution in [0.5, 0.6) is 0 Å². The molecule has 0 aliphatic carbocycles. The van der Waals surface area contributed by atoms with Crippen molar-refractivity contribution in [3.63, 3.8) is 0 Å². The molecule has 0 saturated carbocycles. The Morgan fingerprint density at radius 1 is 0.964 bits per heavy atom. The van der Waals surface area contributed by atoms with E-state index in [1.807, 2.05) is 13.0 Å². The summed E-state index contributed by atoms with van der Waals surface area (Å²) in [6.07, 6.45) is 7.75. The first-order valence-electron chi connectivity index (χ1n) is 10.5. The zero-order valence-electron chi connectivity index (χ0n) is 18.4. The maximum Gasteiger partial charge on any atom is 0.331 e. The molecule has 0 aromatic rings. The predicted octanol–water partition coefficient (Wildman–Crippen LogP) is 5.15. The van der Waals surface area contributed by atoms with Crippen molar-refractivity contribution < 1.29 is 24.9 Å². The summed E-state index contributed by atoms with van der Waals surface area (Å²) in [6.45, 7) is 12.3. The number of hydrogen-bond donors (Lipinski definition) is 3. The average molecular weight is 397 g/mol. The van der Waals surface area contributed by atoms with Crippen molar-refractivity contribution in [1.29, 1.82) is 0 Å². The molecule has 0 radical (unpaired) electrons. The van der Waals surface area contributed by atoms with Gasteiger partial charge in [-0.2, -0.15) is 0 Å². The fourth-order valence-electron chi connectivity index (χ4n) is 3.75. The van der Waals surface area contributed by atoms with Crippen LogP contribution in [0.3, 0.4) is 0 Å². The Labute approximate surface area is 170 Å². The van der Waals surface area contributed by atoms with E-state index < -0.39 is 17.9 Å². The van der Waals surface area contributed by atoms with E-state index >= 15 is 0 Å². The van der Waals surface area contributed by atoms with Crippen LogP contribution in [0.15, 0.2) is 23.3 Å². The second kappa shape index (κ2) is 13.5. The largest absolute Gasteiger partial charge is 0.481 e. The molecule has 5 heteroatoms. The fourth-order valence-corrected chi connectivity index (χ4v) is 3.75. The summed E-state index contributed by atoms with van der Waals surface area (Å²) >= 11 is 0. The molecule has 0 heterocycles. The SMILES string of the molecule is CC[C@H](C)C[C@H](C)C[C@H](CO)C[C@H](C)/C=C(C)/C=C(/C[C@@H](C)C(=O)O)C(=O)O. The van der Waals surface area contributed by atoms with Crippen molar-refractivity contribution in [2.75, 3.05) is 6.61 Å². The van der Waals surface area contributed by atoms with Crippen LogP contribution >= 0.6 is 0 Å². The monoisotopic (exact) mass is 396 g/mol. The van der Waals surface area contributed by atoms with E-state index in [1.54, 1.807) is 6.08 Å². The lowest BCUT2D eigenvalue weighted by Crippen LogP contribution is -2.15. The lowest BCUT2D eigenvalue weighted by atomic mass is 9.84. The highest BCUT2D eigenvalue weighted by Crippen LogP contribution is 2.26. The first-order chi connectivity index (χ1) is 13.0. The van der Waals surface area contributed by atoms with Crippen LogP contribution in [-0.4, -0.2) is 33.9 Å². The van der Waals surface area contributed by atoms with E-state index in [2.05, 4.69) is 27.7 Å². The molecule has 0 aromatic heterocycles. The van der Waals surface area contributed by atoms with Gasteiger partial charge in [0.2, 0.25) is 0 Å². The number of aliphatic hydroxyl groups is 1. The van der Waals surface area contributed by atoms with Gasteiger partial charge in [0.25, 0.3) is 0 Å². The second-order valence-electron chi connectivity index (χ2n) is 8.68. The van der Waals surface area contributed by atoms with Crippen LogP contribution in [0.1, 0.15) is 73.6 Å². The molecule has 0 fully saturated rings. The van der Waals surface area contributed by atoms with Crippen LogP contribution in [0.4, 0.5) is 0 Å². The third-order valence-corrected chi connectivity index (χ3v) is 5.37. The van der Waals surface area contributed by atoms with E-state index in [9.17, 15) is 19.8 Å². The zero-order chi connectivity index (χ0) is 21.9. The Hall–Kier alpha value is -1.62. The van der Waals surface area contributed by atoms with Crippen molar-refractivity contribution in [2.24, 2.45) is 29.6 Å². The Bertz CT molecular complexity index is 549. The second-order valence-corrected chi connectivity index (χ2v) is 8.68. The average Bonchev–Trinajstić information content (AvgIpc) is 2.59. The van der Waals surface area contributed by atoms with Gasteiger partial charge >= 0.3 is 11.9 Å². The molecule has 28 heavy (non-hydrogen) atoms. The maximum atomic E-state index is 11.4. The lowest BCUT2D eigenvalue weighted by molar-refractivity contribution is -0.141. The molecule has 0 rings (SSSR count). The minimum Gasteiger partial charge on any atom is -0.481 e. The zero-order valence-corrected chi connectivity index (χ0v) is 18.4. The summed E-state index contributed by atoms with van der Waals surface area (Å²) in [5, 5.41) is 28.1. The molecule has 0 saturated heterocycles. The summed E-state index contributed by atoms with van der Waals surface area (Å²) in [4.78, 5) is 22.4. The summed E-state index contributed by atoms with van der Waals surface area (Å²) in [7, 11) is 0. The van der Waals surface area contributed by atoms with Crippen molar-refractivity contribution in [3.8, 4) is 0 Å². The molecule has 5 nitrogen and oxygen atoms in total. The van der Waals surface area contributed by atoms with Gasteiger partial charge in [-0.05, 0) is 62.4 Å². The lowest BCUT2D eigenvalue weighted by Gasteiger charge is -2.23. The van der Waals surface area contributed by atoms with Gasteiger partial charge in [-0.15, -0.1) is 0 Å². The van der Waals surface area contributed by atoms with Crippen molar-refractivity contribution in [2.45, 2.75) is 73.6 Å². The first-order valence-corrected chi connectivity index (χ1v) is 10.5. The summed E-state index contributed by atoms with van der Waals surface area (Å²) in [5.41, 5.74) is 0.920. The Balaban J connectivity index is 4.96. The van der Waals surface area contributed by atoms with E-state index in [1.165, 1.54) is 19.8 Å². The number of carboxylic acids is 2. The van der Waals surface area contributed by atoms with Crippen molar-refractivity contribution >= 4 is 11.9 Å². The highest BCUT2D eigenvalue weighted by Gasteiger charge is 2.19. The highest BCUT2D eigenvalue weighted by molar-refractivity contribution is 5.88. The quantitative estimate of drug-likeness (QED) is 0.279. The molecular weight excluding hydrogens is 356 g/mol. The Kier molecular flexibility index (Phi) is 12.8. The van der Waals surface area contributed by atoms with Crippen LogP contribution in [0, 0.1) is 29.6 Å². The minimum atomic E-state index is -1.08. The fraction of sp³-hybridized carbons (Fsp3) is 0.739. The van der Waals surface area contributed by atoms with Gasteiger partial charge in [0.1, 0.15) is 0 Å². The number of carboxylic acid groups (broad SMARTS) is 2. The van der Waals surface area contributed by atoms with Gasteiger partial charge in [0.05, 0.1) is 5.92 Å². The molecule has 0 spiro atoms. The van der Waals surface area contributed by atoms with Gasteiger partial charge < -0.3 is 15.3 Å². The van der Waals surface area contributed by atoms with Crippen LogP contribution in [-0.2, 0) is 9.59 Å². The van der Waals surface area contributed by atoms with Gasteiger partial charge in [-0.1, -0.05) is 52.7 Å². The number of hydrogen-bond acceptors (Lipinski definition) is 3. The summed E-state index contributed by atoms with van der Waals surface area (Å²) in [6, 6.07) is 0. The van der Waals surface area contributed by atoms with Crippen LogP contribution in [0.2, 0.25) is 0 Å². The van der Waals surface area contributed by atoms with E-state index in [0.29, 0.717) is 11.8 Å². The van der Waals surface area contributed by atoms with Crippen molar-refractivity contribution in [1.82, 2.24) is 0 Å². The molecule has 0 aliphatic rings. The molecule has 162 valence electrons. The maximum absolute atomic E-state index is 11.4. The number of allylic oxidation sites excluding steroid dienone is 3. The molecule has 0 aromatic carbocycles. The summed E-state index contributed by atoms with van der Waals surface area (Å²) in [5.74, 6) is -1.12. The third-order valence-electron chi connectivity index (χ3n) is 5.37. The van der Waals surface area contributed by atoms with Crippen LogP contribution in [0.25, 0.3) is 0 Å². The molecular formula is C23H40O5. The molecule has 0 bridgehead atoms. The standard InChI is InChI=1S/C23H40O5/c1-7-15(2)8-16(3)10-20(14-24)11-17(4)9-18(5)12-21(23(27)28)13-19(6)22(25)26/h9,12,15-17,19-20,24H,7-8,10-11,13-14H2,1-6H3,(H,25,26)(H,27,28)/b18-9+,21-12-/t15-,16-,17+,19+,20-/m0/s1. The van der Waals surface area contributed by atoms with Crippen LogP contribution < -0.4 is 0 Å². The van der Waals surface area contributed by atoms with Crippen molar-refractivity contribution in [3.05, 3.63) is 23.3 Å². The van der Waals surface area contributed by atoms with Gasteiger partial charge in [-0.25, -0.2) is 4.79 Å². The predicted molar refractivity (Wildman–Crippen MR) is 113 cm³/mol. The first kappa shape index (κ1) is 26.4. The normalized spacial score (nSPS) is 18.2. The molecule has 0 aliphatic heterocycles. The minimum absolute atomic E-state index is 0.00335. The Morgan fingerprint density at radius 2 is 1.57 bits per heavy atom. The highest BCUT2D eigenvalue weighted by atomic mass is 16.4. The van der Waals surface area contributed by atoms with Gasteiger partial charge in [0.15, 0.2) is 0 Å². The van der Waals surface area contributed by atoms with Gasteiger partial charge in [-0.3, -0.25) is 4.79 Å². The smallest absolute Gasteiger partial charge is 0.331 e. The number of rotatable bonds is 14. The van der Waals surface area contributed by atoms with Gasteiger partial charge in [0, 0.05) is 12.2 Å². The van der Waals surface area contributed by atoms with E-state index in [-0.39, 0.29) is 30.4 Å². The number of aliphatic carboxylic acids is 2. The Morgan fingerprint density at radius 3 is 2.04 bits per heavy atom. The number of aliphatic hydroxyl groups excluding tert-OH is 1. The van der Waals surface area contributed by atoms with E-state index in [0.717, 1.165) is 18.4 Å². The third kappa shape index (κ3) is 11.3. The molecule has 5 atom stereocenters. The molecule has 3 N–H and O–H groups in total. The summed E-state index contributed by atoms with van der Waals surface area (Å²) < 4.78 is 0. The molecule has 0 amide bonds.